The summed E-state index contributed by atoms with van der Waals surface area (Å²) in [5, 5.41) is 9.82. The molecule has 1 aliphatic rings. The maximum Gasteiger partial charge on any atom is 0.240 e. The van der Waals surface area contributed by atoms with Gasteiger partial charge in [-0.3, -0.25) is 4.79 Å². The highest BCUT2D eigenvalue weighted by molar-refractivity contribution is 6.11. The number of rotatable bonds is 1. The van der Waals surface area contributed by atoms with Gasteiger partial charge in [-0.15, -0.1) is 0 Å². The molecule has 98 valence electrons. The molecule has 0 saturated heterocycles. The Bertz CT molecular complexity index is 723. The maximum absolute atomic E-state index is 12.0. The molecule has 2 aromatic rings. The topological polar surface area (TPSA) is 55.8 Å². The van der Waals surface area contributed by atoms with Crippen molar-refractivity contribution in [3.8, 4) is 29.1 Å². The first-order valence-corrected chi connectivity index (χ1v) is 5.98. The summed E-state index contributed by atoms with van der Waals surface area (Å²) in [7, 11) is 0. The zero-order valence-electron chi connectivity index (χ0n) is 10.4. The Labute approximate surface area is 115 Å². The number of hydrogen-bond donors (Lipinski definition) is 1. The zero-order chi connectivity index (χ0) is 13.9. The van der Waals surface area contributed by atoms with Crippen LogP contribution in [0.15, 0.2) is 42.5 Å². The lowest BCUT2D eigenvalue weighted by molar-refractivity contribution is 0.105. The lowest BCUT2D eigenvalue weighted by atomic mass is 10.1. The van der Waals surface area contributed by atoms with E-state index in [-0.39, 0.29) is 18.1 Å². The van der Waals surface area contributed by atoms with Crippen LogP contribution in [0.4, 0.5) is 0 Å². The second kappa shape index (κ2) is 4.98. The summed E-state index contributed by atoms with van der Waals surface area (Å²) in [4.78, 5) is 12.0. The van der Waals surface area contributed by atoms with E-state index >= 15 is 0 Å². The van der Waals surface area contributed by atoms with Gasteiger partial charge in [0.25, 0.3) is 0 Å². The predicted molar refractivity (Wildman–Crippen MR) is 71.9 cm³/mol. The molecule has 3 rings (SSSR count). The van der Waals surface area contributed by atoms with Gasteiger partial charge in [0.15, 0.2) is 11.5 Å². The molecular formula is C16H10O4. The Kier molecular flexibility index (Phi) is 3.02. The largest absolute Gasteiger partial charge is 0.507 e. The number of carbonyl (C=O) groups excluding carboxylic acids is 1. The van der Waals surface area contributed by atoms with E-state index in [9.17, 15) is 9.90 Å². The fourth-order valence-corrected chi connectivity index (χ4v) is 1.83. The molecule has 4 nitrogen and oxygen atoms in total. The molecule has 0 amide bonds. The number of fused-ring (bicyclic) bond motifs is 1. The zero-order valence-corrected chi connectivity index (χ0v) is 10.4. The second-order valence-corrected chi connectivity index (χ2v) is 4.17. The minimum Gasteiger partial charge on any atom is -0.507 e. The van der Waals surface area contributed by atoms with Gasteiger partial charge in [0.05, 0.1) is 5.56 Å². The van der Waals surface area contributed by atoms with E-state index in [0.29, 0.717) is 11.5 Å². The predicted octanol–water partition coefficient (Wildman–Crippen LogP) is 2.36. The first-order valence-electron chi connectivity index (χ1n) is 5.98. The molecular weight excluding hydrogens is 256 g/mol. The molecule has 20 heavy (non-hydrogen) atoms. The van der Waals surface area contributed by atoms with Crippen molar-refractivity contribution < 1.29 is 19.4 Å². The summed E-state index contributed by atoms with van der Waals surface area (Å²) in [5.41, 5.74) is 0.846. The van der Waals surface area contributed by atoms with E-state index in [4.69, 9.17) is 9.47 Å². The minimum absolute atomic E-state index is 0.0854. The van der Waals surface area contributed by atoms with Gasteiger partial charge >= 0.3 is 0 Å². The van der Waals surface area contributed by atoms with Gasteiger partial charge in [-0.2, -0.15) is 0 Å². The highest BCUT2D eigenvalue weighted by Gasteiger charge is 2.19. The van der Waals surface area contributed by atoms with E-state index in [1.807, 2.05) is 18.2 Å². The first-order chi connectivity index (χ1) is 9.74. The smallest absolute Gasteiger partial charge is 0.240 e. The number of phenols is 1. The molecule has 0 spiro atoms. The highest BCUT2D eigenvalue weighted by atomic mass is 16.7. The summed E-state index contributed by atoms with van der Waals surface area (Å²) in [6.07, 6.45) is 0. The molecule has 4 heteroatoms. The van der Waals surface area contributed by atoms with Crippen LogP contribution >= 0.6 is 0 Å². The molecule has 0 bridgehead atoms. The van der Waals surface area contributed by atoms with Crippen molar-refractivity contribution in [2.45, 2.75) is 0 Å². The van der Waals surface area contributed by atoms with Gasteiger partial charge in [-0.25, -0.2) is 0 Å². The fourth-order valence-electron chi connectivity index (χ4n) is 1.83. The molecule has 0 fully saturated rings. The minimum atomic E-state index is -0.468. The van der Waals surface area contributed by atoms with Crippen molar-refractivity contribution in [1.29, 1.82) is 0 Å². The number of Topliss-reactive ketones (excluding diaryl/α,β-unsaturated/α-hetero) is 1. The Morgan fingerprint density at radius 2 is 1.80 bits per heavy atom. The van der Waals surface area contributed by atoms with Crippen LogP contribution in [0.5, 0.6) is 17.2 Å². The van der Waals surface area contributed by atoms with Gasteiger partial charge in [0.1, 0.15) is 5.75 Å². The van der Waals surface area contributed by atoms with Crippen LogP contribution in [0.1, 0.15) is 15.9 Å². The molecule has 2 aromatic carbocycles. The van der Waals surface area contributed by atoms with Gasteiger partial charge in [0, 0.05) is 11.6 Å². The third-order valence-corrected chi connectivity index (χ3v) is 2.83. The molecule has 0 radical (unpaired) electrons. The van der Waals surface area contributed by atoms with E-state index < -0.39 is 5.78 Å². The Morgan fingerprint density at radius 3 is 2.55 bits per heavy atom. The van der Waals surface area contributed by atoms with Crippen LogP contribution in [0.3, 0.4) is 0 Å². The van der Waals surface area contributed by atoms with Crippen LogP contribution in [-0.2, 0) is 0 Å². The number of aromatic hydroxyl groups is 1. The normalized spacial score (nSPS) is 11.6. The molecule has 0 aromatic heterocycles. The summed E-state index contributed by atoms with van der Waals surface area (Å²) in [5.74, 6) is 5.49. The number of hydrogen-bond acceptors (Lipinski definition) is 4. The summed E-state index contributed by atoms with van der Waals surface area (Å²) in [6.45, 7) is 0.0854. The molecule has 0 aliphatic carbocycles. The molecule has 0 saturated carbocycles. The third kappa shape index (κ3) is 2.29. The molecule has 0 unspecified atom stereocenters. The van der Waals surface area contributed by atoms with E-state index in [2.05, 4.69) is 11.8 Å². The summed E-state index contributed by atoms with van der Waals surface area (Å²) >= 11 is 0. The third-order valence-electron chi connectivity index (χ3n) is 2.83. The van der Waals surface area contributed by atoms with Crippen LogP contribution in [-0.4, -0.2) is 17.7 Å². The lowest BCUT2D eigenvalue weighted by Gasteiger charge is -2.01. The Hall–Kier alpha value is -2.93. The van der Waals surface area contributed by atoms with E-state index in [1.54, 1.807) is 12.1 Å². The lowest BCUT2D eigenvalue weighted by Crippen LogP contribution is -1.96. The summed E-state index contributed by atoms with van der Waals surface area (Å²) < 4.78 is 10.3. The van der Waals surface area contributed by atoms with Gasteiger partial charge < -0.3 is 14.6 Å². The van der Waals surface area contributed by atoms with E-state index in [1.165, 1.54) is 12.1 Å². The average Bonchev–Trinajstić information content (AvgIpc) is 2.92. The van der Waals surface area contributed by atoms with Crippen LogP contribution in [0, 0.1) is 11.8 Å². The van der Waals surface area contributed by atoms with Gasteiger partial charge in [-0.05, 0) is 24.1 Å². The standard InChI is InChI=1S/C16H10O4/c17-13(7-6-11-4-2-1-3-5-11)12-8-15-16(9-14(12)18)20-10-19-15/h1-5,8-9,18H,10H2. The van der Waals surface area contributed by atoms with Crippen LogP contribution in [0.25, 0.3) is 0 Å². The van der Waals surface area contributed by atoms with Gasteiger partial charge in [0.2, 0.25) is 12.6 Å². The Balaban J connectivity index is 1.90. The molecule has 1 aliphatic heterocycles. The van der Waals surface area contributed by atoms with Crippen molar-refractivity contribution in [2.75, 3.05) is 6.79 Å². The highest BCUT2D eigenvalue weighted by Crippen LogP contribution is 2.37. The van der Waals surface area contributed by atoms with Crippen molar-refractivity contribution in [3.63, 3.8) is 0 Å². The molecule has 1 N–H and O–H groups in total. The van der Waals surface area contributed by atoms with Crippen molar-refractivity contribution in [2.24, 2.45) is 0 Å². The Morgan fingerprint density at radius 1 is 1.10 bits per heavy atom. The van der Waals surface area contributed by atoms with Crippen molar-refractivity contribution in [3.05, 3.63) is 53.6 Å². The van der Waals surface area contributed by atoms with Gasteiger partial charge in [-0.1, -0.05) is 24.1 Å². The number of ether oxygens (including phenoxy) is 2. The SMILES string of the molecule is O=C(C#Cc1ccccc1)c1cc2c(cc1O)OCO2. The second-order valence-electron chi connectivity index (χ2n) is 4.17. The number of phenolic OH excluding ortho intramolecular Hbond substituents is 1. The maximum atomic E-state index is 12.0. The monoisotopic (exact) mass is 266 g/mol. The fraction of sp³-hybridized carbons (Fsp3) is 0.0625. The number of carbonyl (C=O) groups is 1. The summed E-state index contributed by atoms with van der Waals surface area (Å²) in [6, 6.07) is 12.0. The number of ketones is 1. The van der Waals surface area contributed by atoms with Crippen molar-refractivity contribution >= 4 is 5.78 Å². The van der Waals surface area contributed by atoms with E-state index in [0.717, 1.165) is 5.56 Å². The number of benzene rings is 2. The first kappa shape index (κ1) is 12.1. The molecule has 1 heterocycles. The van der Waals surface area contributed by atoms with Crippen molar-refractivity contribution in [1.82, 2.24) is 0 Å². The van der Waals surface area contributed by atoms with Crippen LogP contribution < -0.4 is 9.47 Å². The molecule has 0 atom stereocenters. The quantitative estimate of drug-likeness (QED) is 0.636. The average molecular weight is 266 g/mol. The van der Waals surface area contributed by atoms with Crippen LogP contribution in [0.2, 0.25) is 0 Å².